The summed E-state index contributed by atoms with van der Waals surface area (Å²) in [6.45, 7) is 7.58. The molecule has 202 valence electrons. The SMILES string of the molecule is CC(C(=O)NC(C)(C)C)N(Cc1ccccc1Cl)C(=O)CCCN(c1ccc2c(c1)OCO2)S(C)(=O)=O. The fourth-order valence-corrected chi connectivity index (χ4v) is 5.06. The van der Waals surface area contributed by atoms with Gasteiger partial charge in [0, 0.05) is 36.1 Å². The Bertz CT molecular complexity index is 1250. The normalized spacial score (nSPS) is 13.7. The third-order valence-corrected chi connectivity index (χ3v) is 7.32. The minimum Gasteiger partial charge on any atom is -0.454 e. The first-order valence-electron chi connectivity index (χ1n) is 12.0. The van der Waals surface area contributed by atoms with E-state index in [9.17, 15) is 18.0 Å². The lowest BCUT2D eigenvalue weighted by Gasteiger charge is -2.32. The number of anilines is 1. The van der Waals surface area contributed by atoms with E-state index in [0.717, 1.165) is 6.26 Å². The number of rotatable bonds is 10. The molecular formula is C26H34ClN3O6S. The van der Waals surface area contributed by atoms with Crippen molar-refractivity contribution in [3.8, 4) is 11.5 Å². The van der Waals surface area contributed by atoms with Crippen LogP contribution in [0.3, 0.4) is 0 Å². The molecule has 0 saturated carbocycles. The molecule has 0 aromatic heterocycles. The highest BCUT2D eigenvalue weighted by molar-refractivity contribution is 7.92. The number of halogens is 1. The number of benzene rings is 2. The maximum atomic E-state index is 13.4. The lowest BCUT2D eigenvalue weighted by molar-refractivity contribution is -0.141. The summed E-state index contributed by atoms with van der Waals surface area (Å²) in [5.74, 6) is 0.443. The van der Waals surface area contributed by atoms with Gasteiger partial charge >= 0.3 is 0 Å². The Balaban J connectivity index is 1.75. The Morgan fingerprint density at radius 2 is 1.78 bits per heavy atom. The van der Waals surface area contributed by atoms with Crippen molar-refractivity contribution in [2.24, 2.45) is 0 Å². The Labute approximate surface area is 223 Å². The van der Waals surface area contributed by atoms with E-state index in [2.05, 4.69) is 5.32 Å². The van der Waals surface area contributed by atoms with Gasteiger partial charge in [0.25, 0.3) is 0 Å². The number of carbonyl (C=O) groups excluding carboxylic acids is 2. The van der Waals surface area contributed by atoms with Crippen LogP contribution in [0, 0.1) is 0 Å². The second-order valence-electron chi connectivity index (χ2n) is 10.0. The van der Waals surface area contributed by atoms with Gasteiger partial charge in [-0.2, -0.15) is 0 Å². The number of fused-ring (bicyclic) bond motifs is 1. The quantitative estimate of drug-likeness (QED) is 0.479. The maximum absolute atomic E-state index is 13.4. The molecule has 0 saturated heterocycles. The van der Waals surface area contributed by atoms with Crippen LogP contribution in [0.15, 0.2) is 42.5 Å². The number of nitrogens with zero attached hydrogens (tertiary/aromatic N) is 2. The summed E-state index contributed by atoms with van der Waals surface area (Å²) in [6.07, 6.45) is 1.39. The second-order valence-corrected chi connectivity index (χ2v) is 12.3. The molecule has 1 N–H and O–H groups in total. The van der Waals surface area contributed by atoms with Gasteiger partial charge in [0.1, 0.15) is 6.04 Å². The molecule has 0 aliphatic carbocycles. The highest BCUT2D eigenvalue weighted by atomic mass is 35.5. The summed E-state index contributed by atoms with van der Waals surface area (Å²) >= 11 is 6.34. The number of nitrogens with one attached hydrogen (secondary N) is 1. The minimum absolute atomic E-state index is 0.0359. The summed E-state index contributed by atoms with van der Waals surface area (Å²) in [5, 5.41) is 3.41. The summed E-state index contributed by atoms with van der Waals surface area (Å²) in [4.78, 5) is 27.8. The maximum Gasteiger partial charge on any atom is 0.242 e. The first-order chi connectivity index (χ1) is 17.3. The fraction of sp³-hybridized carbons (Fsp3) is 0.462. The summed E-state index contributed by atoms with van der Waals surface area (Å²) in [5.41, 5.74) is 0.668. The van der Waals surface area contributed by atoms with Gasteiger partial charge in [-0.3, -0.25) is 13.9 Å². The Hall–Kier alpha value is -2.98. The van der Waals surface area contributed by atoms with Gasteiger partial charge in [-0.15, -0.1) is 0 Å². The van der Waals surface area contributed by atoms with Crippen LogP contribution in [-0.4, -0.2) is 56.3 Å². The minimum atomic E-state index is -3.63. The van der Waals surface area contributed by atoms with E-state index in [1.807, 2.05) is 32.9 Å². The van der Waals surface area contributed by atoms with Crippen molar-refractivity contribution in [3.63, 3.8) is 0 Å². The lowest BCUT2D eigenvalue weighted by Crippen LogP contribution is -2.52. The fourth-order valence-electron chi connectivity index (χ4n) is 3.91. The molecule has 3 rings (SSSR count). The first kappa shape index (κ1) is 28.6. The molecule has 2 amide bonds. The molecule has 11 heteroatoms. The van der Waals surface area contributed by atoms with E-state index in [1.54, 1.807) is 37.3 Å². The van der Waals surface area contributed by atoms with Crippen molar-refractivity contribution in [2.75, 3.05) is 23.9 Å². The van der Waals surface area contributed by atoms with E-state index in [1.165, 1.54) is 9.21 Å². The average molecular weight is 552 g/mol. The molecule has 1 atom stereocenters. The van der Waals surface area contributed by atoms with E-state index < -0.39 is 21.6 Å². The number of ether oxygens (including phenoxy) is 2. The number of amides is 2. The van der Waals surface area contributed by atoms with E-state index in [0.29, 0.717) is 27.8 Å². The van der Waals surface area contributed by atoms with Crippen LogP contribution in [0.1, 0.15) is 46.1 Å². The Morgan fingerprint density at radius 1 is 1.11 bits per heavy atom. The van der Waals surface area contributed by atoms with Crippen LogP contribution >= 0.6 is 11.6 Å². The first-order valence-corrected chi connectivity index (χ1v) is 14.2. The highest BCUT2D eigenvalue weighted by Gasteiger charge is 2.29. The van der Waals surface area contributed by atoms with Crippen LogP contribution in [0.25, 0.3) is 0 Å². The van der Waals surface area contributed by atoms with Crippen LogP contribution < -0.4 is 19.1 Å². The molecular weight excluding hydrogens is 518 g/mol. The zero-order chi connectivity index (χ0) is 27.4. The predicted octanol–water partition coefficient (Wildman–Crippen LogP) is 3.95. The molecule has 0 fully saturated rings. The smallest absolute Gasteiger partial charge is 0.242 e. The number of sulfonamides is 1. The van der Waals surface area contributed by atoms with Gasteiger partial charge in [-0.1, -0.05) is 29.8 Å². The van der Waals surface area contributed by atoms with Gasteiger partial charge in [0.2, 0.25) is 28.6 Å². The van der Waals surface area contributed by atoms with E-state index in [4.69, 9.17) is 21.1 Å². The molecule has 37 heavy (non-hydrogen) atoms. The largest absolute Gasteiger partial charge is 0.454 e. The van der Waals surface area contributed by atoms with Crippen molar-refractivity contribution in [3.05, 3.63) is 53.1 Å². The van der Waals surface area contributed by atoms with Gasteiger partial charge in [0.15, 0.2) is 11.5 Å². The molecule has 0 radical (unpaired) electrons. The number of carbonyl (C=O) groups is 2. The lowest BCUT2D eigenvalue weighted by atomic mass is 10.1. The van der Waals surface area contributed by atoms with Gasteiger partial charge in [0.05, 0.1) is 11.9 Å². The Kier molecular flexibility index (Phi) is 8.96. The molecule has 0 bridgehead atoms. The molecule has 1 unspecified atom stereocenters. The average Bonchev–Trinajstić information content (AvgIpc) is 3.26. The monoisotopic (exact) mass is 551 g/mol. The number of hydrogen-bond acceptors (Lipinski definition) is 6. The van der Waals surface area contributed by atoms with Crippen LogP contribution in [0.5, 0.6) is 11.5 Å². The standard InChI is InChI=1S/C26H34ClN3O6S/c1-18(25(32)28-26(2,3)4)29(16-19-9-6-7-10-21(19)27)24(31)11-8-14-30(37(5,33)34)20-12-13-22-23(15-20)36-17-35-22/h6-7,9-10,12-13,15,18H,8,11,14,16-17H2,1-5H3,(H,28,32). The van der Waals surface area contributed by atoms with E-state index in [-0.39, 0.29) is 44.5 Å². The zero-order valence-electron chi connectivity index (χ0n) is 21.8. The van der Waals surface area contributed by atoms with Crippen molar-refractivity contribution in [1.82, 2.24) is 10.2 Å². The van der Waals surface area contributed by atoms with Gasteiger partial charge < -0.3 is 19.7 Å². The topological polar surface area (TPSA) is 105 Å². The molecule has 2 aromatic rings. The van der Waals surface area contributed by atoms with Crippen LogP contribution in [0.2, 0.25) is 5.02 Å². The van der Waals surface area contributed by atoms with Crippen LogP contribution in [0.4, 0.5) is 5.69 Å². The molecule has 2 aromatic carbocycles. The van der Waals surface area contributed by atoms with Crippen molar-refractivity contribution < 1.29 is 27.5 Å². The molecule has 1 heterocycles. The zero-order valence-corrected chi connectivity index (χ0v) is 23.4. The van der Waals surface area contributed by atoms with Gasteiger partial charge in [-0.05, 0) is 57.9 Å². The molecule has 1 aliphatic rings. The molecule has 9 nitrogen and oxygen atoms in total. The second kappa shape index (κ2) is 11.6. The highest BCUT2D eigenvalue weighted by Crippen LogP contribution is 2.36. The van der Waals surface area contributed by atoms with Crippen molar-refractivity contribution in [1.29, 1.82) is 0 Å². The van der Waals surface area contributed by atoms with Crippen LogP contribution in [-0.2, 0) is 26.2 Å². The molecule has 0 spiro atoms. The van der Waals surface area contributed by atoms with E-state index >= 15 is 0 Å². The summed E-state index contributed by atoms with van der Waals surface area (Å²) in [6, 6.07) is 11.3. The predicted molar refractivity (Wildman–Crippen MR) is 143 cm³/mol. The summed E-state index contributed by atoms with van der Waals surface area (Å²) < 4.78 is 37.0. The van der Waals surface area contributed by atoms with Gasteiger partial charge in [-0.25, -0.2) is 8.42 Å². The third-order valence-electron chi connectivity index (χ3n) is 5.76. The third kappa shape index (κ3) is 7.75. The molecule has 1 aliphatic heterocycles. The summed E-state index contributed by atoms with van der Waals surface area (Å²) in [7, 11) is -3.63. The van der Waals surface area contributed by atoms with Crippen molar-refractivity contribution in [2.45, 2.75) is 58.7 Å². The number of hydrogen-bond donors (Lipinski definition) is 1. The van der Waals surface area contributed by atoms with Crippen molar-refractivity contribution >= 4 is 39.1 Å². The Morgan fingerprint density at radius 3 is 2.43 bits per heavy atom.